The number of benzene rings is 1. The molecular weight excluding hydrogens is 312 g/mol. The first-order valence-corrected chi connectivity index (χ1v) is 8.44. The van der Waals surface area contributed by atoms with Crippen LogP contribution in [0, 0.1) is 6.92 Å². The lowest BCUT2D eigenvalue weighted by molar-refractivity contribution is 0.475. The zero-order chi connectivity index (χ0) is 17.6. The summed E-state index contributed by atoms with van der Waals surface area (Å²) in [4.78, 5) is 6.51. The quantitative estimate of drug-likeness (QED) is 0.574. The van der Waals surface area contributed by atoms with Gasteiger partial charge in [-0.2, -0.15) is 0 Å². The first-order chi connectivity index (χ1) is 12.2. The molecule has 0 atom stereocenters. The summed E-state index contributed by atoms with van der Waals surface area (Å²) in [6.45, 7) is 3.70. The predicted molar refractivity (Wildman–Crippen MR) is 101 cm³/mol. The zero-order valence-electron chi connectivity index (χ0n) is 15.0. The van der Waals surface area contributed by atoms with E-state index in [-0.39, 0.29) is 0 Å². The Balaban J connectivity index is 1.58. The van der Waals surface area contributed by atoms with Crippen molar-refractivity contribution >= 4 is 11.6 Å². The summed E-state index contributed by atoms with van der Waals surface area (Å²) in [6, 6.07) is 14.3. The number of aliphatic imine (C=N–C) groups is 1. The number of aryl methyl sites for hydroxylation is 1. The van der Waals surface area contributed by atoms with Crippen molar-refractivity contribution in [2.75, 3.05) is 20.6 Å². The van der Waals surface area contributed by atoms with Gasteiger partial charge < -0.3 is 10.2 Å². The molecule has 0 amide bonds. The summed E-state index contributed by atoms with van der Waals surface area (Å²) in [7, 11) is 3.86. The average Bonchev–Trinajstić information content (AvgIpc) is 3.04. The molecule has 25 heavy (non-hydrogen) atoms. The predicted octanol–water partition coefficient (Wildman–Crippen LogP) is 2.29. The van der Waals surface area contributed by atoms with E-state index in [1.165, 1.54) is 11.1 Å². The number of rotatable bonds is 5. The highest BCUT2D eigenvalue weighted by Gasteiger charge is 2.09. The fourth-order valence-electron chi connectivity index (χ4n) is 2.85. The average molecular weight is 336 g/mol. The molecule has 0 saturated carbocycles. The lowest BCUT2D eigenvalue weighted by atomic mass is 10.1. The van der Waals surface area contributed by atoms with Gasteiger partial charge in [-0.1, -0.05) is 30.3 Å². The van der Waals surface area contributed by atoms with Gasteiger partial charge in [-0.3, -0.25) is 9.39 Å². The molecule has 0 saturated heterocycles. The molecule has 0 fully saturated rings. The molecule has 0 aliphatic carbocycles. The number of hydrogen-bond acceptors (Lipinski definition) is 3. The van der Waals surface area contributed by atoms with Gasteiger partial charge in [0.25, 0.3) is 0 Å². The Labute approximate surface area is 148 Å². The van der Waals surface area contributed by atoms with Crippen molar-refractivity contribution in [3.63, 3.8) is 0 Å². The maximum Gasteiger partial charge on any atom is 0.193 e. The fraction of sp³-hybridized carbons (Fsp3) is 0.316. The number of nitrogens with zero attached hydrogens (tertiary/aromatic N) is 5. The summed E-state index contributed by atoms with van der Waals surface area (Å²) in [5, 5.41) is 11.9. The Morgan fingerprint density at radius 1 is 1.16 bits per heavy atom. The number of guanidine groups is 1. The Bertz CT molecular complexity index is 867. The van der Waals surface area contributed by atoms with Crippen LogP contribution in [-0.4, -0.2) is 46.1 Å². The van der Waals surface area contributed by atoms with Gasteiger partial charge in [-0.25, -0.2) is 0 Å². The summed E-state index contributed by atoms with van der Waals surface area (Å²) in [5.41, 5.74) is 3.47. The zero-order valence-corrected chi connectivity index (χ0v) is 15.0. The first kappa shape index (κ1) is 17.0. The summed E-state index contributed by atoms with van der Waals surface area (Å²) in [5.74, 6) is 1.82. The minimum absolute atomic E-state index is 0.750. The Morgan fingerprint density at radius 3 is 2.76 bits per heavy atom. The van der Waals surface area contributed by atoms with Crippen LogP contribution in [0.3, 0.4) is 0 Å². The van der Waals surface area contributed by atoms with Gasteiger partial charge >= 0.3 is 0 Å². The standard InChI is InChI=1S/C19H24N6/c1-15-8-4-5-9-16(15)14-24(3)19(20-2)21-12-11-18-23-22-17-10-6-7-13-25(17)18/h4-10,13H,11-12,14H2,1-3H3,(H,20,21). The van der Waals surface area contributed by atoms with Gasteiger partial charge in [-0.05, 0) is 30.2 Å². The van der Waals surface area contributed by atoms with Gasteiger partial charge in [0.1, 0.15) is 5.82 Å². The van der Waals surface area contributed by atoms with Crippen molar-refractivity contribution in [2.45, 2.75) is 19.9 Å². The lowest BCUT2D eigenvalue weighted by Crippen LogP contribution is -2.39. The lowest BCUT2D eigenvalue weighted by Gasteiger charge is -2.23. The van der Waals surface area contributed by atoms with E-state index in [1.54, 1.807) is 0 Å². The first-order valence-electron chi connectivity index (χ1n) is 8.44. The smallest absolute Gasteiger partial charge is 0.193 e. The molecule has 0 radical (unpaired) electrons. The molecule has 0 bridgehead atoms. The van der Waals surface area contributed by atoms with Crippen molar-refractivity contribution in [3.05, 3.63) is 65.6 Å². The second-order valence-corrected chi connectivity index (χ2v) is 6.05. The van der Waals surface area contributed by atoms with Gasteiger partial charge in [0.15, 0.2) is 11.6 Å². The van der Waals surface area contributed by atoms with Gasteiger partial charge in [0.2, 0.25) is 0 Å². The third-order valence-electron chi connectivity index (χ3n) is 4.26. The number of nitrogens with one attached hydrogen (secondary N) is 1. The van der Waals surface area contributed by atoms with Gasteiger partial charge in [-0.15, -0.1) is 10.2 Å². The maximum atomic E-state index is 4.38. The monoisotopic (exact) mass is 336 g/mol. The van der Waals surface area contributed by atoms with Crippen molar-refractivity contribution < 1.29 is 0 Å². The number of hydrogen-bond donors (Lipinski definition) is 1. The summed E-state index contributed by atoms with van der Waals surface area (Å²) >= 11 is 0. The highest BCUT2D eigenvalue weighted by molar-refractivity contribution is 5.79. The molecule has 1 N–H and O–H groups in total. The van der Waals surface area contributed by atoms with Crippen LogP contribution in [0.2, 0.25) is 0 Å². The van der Waals surface area contributed by atoms with E-state index in [2.05, 4.69) is 56.6 Å². The molecule has 3 aromatic rings. The molecule has 6 heteroatoms. The molecule has 2 heterocycles. The highest BCUT2D eigenvalue weighted by atomic mass is 15.3. The van der Waals surface area contributed by atoms with Crippen LogP contribution in [0.5, 0.6) is 0 Å². The minimum atomic E-state index is 0.750. The largest absolute Gasteiger partial charge is 0.356 e. The number of aromatic nitrogens is 3. The summed E-state index contributed by atoms with van der Waals surface area (Å²) in [6.07, 6.45) is 2.77. The fourth-order valence-corrected chi connectivity index (χ4v) is 2.85. The number of fused-ring (bicyclic) bond motifs is 1. The van der Waals surface area contributed by atoms with E-state index in [9.17, 15) is 0 Å². The summed E-state index contributed by atoms with van der Waals surface area (Å²) < 4.78 is 2.02. The van der Waals surface area contributed by atoms with E-state index in [4.69, 9.17) is 0 Å². The van der Waals surface area contributed by atoms with E-state index in [0.29, 0.717) is 0 Å². The SMILES string of the molecule is CN=C(NCCc1nnc2ccccn12)N(C)Cc1ccccc1C. The third kappa shape index (κ3) is 3.96. The molecule has 2 aromatic heterocycles. The molecule has 1 aromatic carbocycles. The van der Waals surface area contributed by atoms with E-state index >= 15 is 0 Å². The van der Waals surface area contributed by atoms with Gasteiger partial charge in [0.05, 0.1) is 0 Å². The molecule has 0 spiro atoms. The maximum absolute atomic E-state index is 4.38. The molecule has 3 rings (SSSR count). The van der Waals surface area contributed by atoms with E-state index in [1.807, 2.05) is 42.9 Å². The second-order valence-electron chi connectivity index (χ2n) is 6.05. The van der Waals surface area contributed by atoms with Crippen LogP contribution in [0.15, 0.2) is 53.7 Å². The highest BCUT2D eigenvalue weighted by Crippen LogP contribution is 2.09. The van der Waals surface area contributed by atoms with E-state index < -0.39 is 0 Å². The van der Waals surface area contributed by atoms with Crippen LogP contribution in [-0.2, 0) is 13.0 Å². The topological polar surface area (TPSA) is 57.8 Å². The molecule has 130 valence electrons. The molecule has 0 aliphatic rings. The Hall–Kier alpha value is -2.89. The molecule has 6 nitrogen and oxygen atoms in total. The van der Waals surface area contributed by atoms with Crippen LogP contribution < -0.4 is 5.32 Å². The molecule has 0 unspecified atom stereocenters. The van der Waals surface area contributed by atoms with Crippen molar-refractivity contribution in [3.8, 4) is 0 Å². The Kier molecular flexibility index (Phi) is 5.28. The minimum Gasteiger partial charge on any atom is -0.356 e. The van der Waals surface area contributed by atoms with Crippen LogP contribution in [0.1, 0.15) is 17.0 Å². The van der Waals surface area contributed by atoms with Crippen molar-refractivity contribution in [2.24, 2.45) is 4.99 Å². The van der Waals surface area contributed by atoms with Crippen LogP contribution in [0.25, 0.3) is 5.65 Å². The van der Waals surface area contributed by atoms with Crippen molar-refractivity contribution in [1.82, 2.24) is 24.8 Å². The van der Waals surface area contributed by atoms with Crippen molar-refractivity contribution in [1.29, 1.82) is 0 Å². The van der Waals surface area contributed by atoms with Crippen LogP contribution >= 0.6 is 0 Å². The third-order valence-corrected chi connectivity index (χ3v) is 4.26. The second kappa shape index (κ2) is 7.79. The molecule has 0 aliphatic heterocycles. The van der Waals surface area contributed by atoms with Gasteiger partial charge in [0, 0.05) is 39.8 Å². The number of pyridine rings is 1. The normalized spacial score (nSPS) is 11.7. The molecular formula is C19H24N6. The van der Waals surface area contributed by atoms with Crippen LogP contribution in [0.4, 0.5) is 0 Å². The Morgan fingerprint density at radius 2 is 1.96 bits per heavy atom. The van der Waals surface area contributed by atoms with E-state index in [0.717, 1.165) is 36.9 Å².